The normalized spacial score (nSPS) is 13.0. The SMILES string of the molecule is O[C@H](CNCc1ccccc1)[C@H](Cc1ccccc1)NCCC(c1ccccc1)c1ccccc1. The molecule has 0 spiro atoms. The second-order valence-corrected chi connectivity index (χ2v) is 9.10. The first-order valence-corrected chi connectivity index (χ1v) is 12.6. The van der Waals surface area contributed by atoms with Crippen LogP contribution in [0.3, 0.4) is 0 Å². The third-order valence-corrected chi connectivity index (χ3v) is 6.53. The van der Waals surface area contributed by atoms with Crippen LogP contribution in [0.2, 0.25) is 0 Å². The summed E-state index contributed by atoms with van der Waals surface area (Å²) < 4.78 is 0. The highest BCUT2D eigenvalue weighted by atomic mass is 16.3. The van der Waals surface area contributed by atoms with E-state index in [4.69, 9.17) is 0 Å². The van der Waals surface area contributed by atoms with Crippen molar-refractivity contribution in [2.45, 2.75) is 37.5 Å². The van der Waals surface area contributed by atoms with Gasteiger partial charge in [-0.3, -0.25) is 0 Å². The Hall–Kier alpha value is -3.24. The lowest BCUT2D eigenvalue weighted by Gasteiger charge is -2.26. The fraction of sp³-hybridized carbons (Fsp3) is 0.250. The second kappa shape index (κ2) is 13.6. The van der Waals surface area contributed by atoms with Crippen LogP contribution < -0.4 is 10.6 Å². The molecule has 2 atom stereocenters. The van der Waals surface area contributed by atoms with Gasteiger partial charge in [0.05, 0.1) is 6.10 Å². The molecule has 0 unspecified atom stereocenters. The zero-order chi connectivity index (χ0) is 24.1. The van der Waals surface area contributed by atoms with E-state index in [1.807, 2.05) is 24.3 Å². The summed E-state index contributed by atoms with van der Waals surface area (Å²) in [5.41, 5.74) is 5.10. The Morgan fingerprint density at radius 3 is 1.63 bits per heavy atom. The van der Waals surface area contributed by atoms with Gasteiger partial charge in [-0.05, 0) is 41.6 Å². The average Bonchev–Trinajstić information content (AvgIpc) is 2.92. The minimum absolute atomic E-state index is 0.0344. The molecule has 0 fully saturated rings. The van der Waals surface area contributed by atoms with Crippen molar-refractivity contribution in [3.05, 3.63) is 144 Å². The van der Waals surface area contributed by atoms with Gasteiger partial charge in [-0.25, -0.2) is 0 Å². The first-order chi connectivity index (χ1) is 17.3. The van der Waals surface area contributed by atoms with Crippen LogP contribution in [0.4, 0.5) is 0 Å². The predicted octanol–water partition coefficient (Wildman–Crippen LogP) is 5.56. The van der Waals surface area contributed by atoms with E-state index in [0.29, 0.717) is 12.5 Å². The molecular weight excluding hydrogens is 428 g/mol. The molecule has 0 heterocycles. The lowest BCUT2D eigenvalue weighted by atomic mass is 9.88. The van der Waals surface area contributed by atoms with Gasteiger partial charge >= 0.3 is 0 Å². The topological polar surface area (TPSA) is 44.3 Å². The van der Waals surface area contributed by atoms with Gasteiger partial charge in [0, 0.05) is 25.0 Å². The number of hydrogen-bond acceptors (Lipinski definition) is 3. The van der Waals surface area contributed by atoms with Crippen molar-refractivity contribution in [2.24, 2.45) is 0 Å². The molecule has 0 saturated carbocycles. The van der Waals surface area contributed by atoms with Crippen LogP contribution in [0.5, 0.6) is 0 Å². The Balaban J connectivity index is 1.39. The van der Waals surface area contributed by atoms with E-state index in [2.05, 4.69) is 108 Å². The largest absolute Gasteiger partial charge is 0.390 e. The lowest BCUT2D eigenvalue weighted by Crippen LogP contribution is -2.46. The Bertz CT molecular complexity index is 1050. The molecule has 0 aliphatic heterocycles. The zero-order valence-electron chi connectivity index (χ0n) is 20.3. The van der Waals surface area contributed by atoms with Crippen LogP contribution in [-0.4, -0.2) is 30.3 Å². The molecule has 3 nitrogen and oxygen atoms in total. The first kappa shape index (κ1) is 24.9. The fourth-order valence-corrected chi connectivity index (χ4v) is 4.62. The smallest absolute Gasteiger partial charge is 0.0820 e. The summed E-state index contributed by atoms with van der Waals surface area (Å²) in [5.74, 6) is 0.315. The molecule has 4 rings (SSSR count). The predicted molar refractivity (Wildman–Crippen MR) is 145 cm³/mol. The molecular formula is C32H36N2O. The molecule has 0 aliphatic rings. The van der Waals surface area contributed by atoms with Crippen molar-refractivity contribution < 1.29 is 5.11 Å². The Morgan fingerprint density at radius 1 is 0.600 bits per heavy atom. The average molecular weight is 465 g/mol. The summed E-state index contributed by atoms with van der Waals surface area (Å²) in [5, 5.41) is 18.2. The maximum Gasteiger partial charge on any atom is 0.0820 e. The highest BCUT2D eigenvalue weighted by Crippen LogP contribution is 2.27. The highest BCUT2D eigenvalue weighted by molar-refractivity contribution is 5.32. The van der Waals surface area contributed by atoms with E-state index in [9.17, 15) is 5.11 Å². The van der Waals surface area contributed by atoms with Crippen LogP contribution in [0.15, 0.2) is 121 Å². The molecule has 0 aromatic heterocycles. The van der Waals surface area contributed by atoms with Crippen molar-refractivity contribution in [1.82, 2.24) is 10.6 Å². The Morgan fingerprint density at radius 2 is 1.09 bits per heavy atom. The van der Waals surface area contributed by atoms with Crippen LogP contribution in [0.1, 0.15) is 34.6 Å². The number of hydrogen-bond donors (Lipinski definition) is 3. The second-order valence-electron chi connectivity index (χ2n) is 9.10. The summed E-state index contributed by atoms with van der Waals surface area (Å²) in [6.07, 6.45) is 1.26. The van der Waals surface area contributed by atoms with Gasteiger partial charge < -0.3 is 15.7 Å². The van der Waals surface area contributed by atoms with Crippen molar-refractivity contribution >= 4 is 0 Å². The molecule has 180 valence electrons. The van der Waals surface area contributed by atoms with E-state index in [-0.39, 0.29) is 6.04 Å². The van der Waals surface area contributed by atoms with Crippen LogP contribution in [0, 0.1) is 0 Å². The number of aliphatic hydroxyl groups is 1. The maximum absolute atomic E-state index is 11.1. The minimum atomic E-state index is -0.495. The fourth-order valence-electron chi connectivity index (χ4n) is 4.62. The summed E-state index contributed by atoms with van der Waals surface area (Å²) in [6, 6.07) is 42.1. The first-order valence-electron chi connectivity index (χ1n) is 12.6. The highest BCUT2D eigenvalue weighted by Gasteiger charge is 2.20. The maximum atomic E-state index is 11.1. The lowest BCUT2D eigenvalue weighted by molar-refractivity contribution is 0.124. The monoisotopic (exact) mass is 464 g/mol. The van der Waals surface area contributed by atoms with Gasteiger partial charge in [0.1, 0.15) is 0 Å². The standard InChI is InChI=1S/C32H36N2O/c35-32(25-33-24-27-15-7-2-8-16-27)31(23-26-13-5-1-6-14-26)34-22-21-30(28-17-9-3-10-18-28)29-19-11-4-12-20-29/h1-20,30-35H,21-25H2/t31-,32+/m0/s1. The molecule has 0 saturated heterocycles. The molecule has 4 aromatic rings. The van der Waals surface area contributed by atoms with Crippen LogP contribution >= 0.6 is 0 Å². The quantitative estimate of drug-likeness (QED) is 0.243. The molecule has 3 N–H and O–H groups in total. The van der Waals surface area contributed by atoms with E-state index in [0.717, 1.165) is 25.9 Å². The molecule has 0 amide bonds. The molecule has 0 bridgehead atoms. The van der Waals surface area contributed by atoms with Crippen molar-refractivity contribution in [3.8, 4) is 0 Å². The summed E-state index contributed by atoms with van der Waals surface area (Å²) >= 11 is 0. The van der Waals surface area contributed by atoms with Gasteiger partial charge in [-0.2, -0.15) is 0 Å². The number of aliphatic hydroxyl groups excluding tert-OH is 1. The number of rotatable bonds is 13. The number of nitrogens with one attached hydrogen (secondary N) is 2. The third-order valence-electron chi connectivity index (χ3n) is 6.53. The van der Waals surface area contributed by atoms with Crippen LogP contribution in [-0.2, 0) is 13.0 Å². The van der Waals surface area contributed by atoms with Gasteiger partial charge in [-0.1, -0.05) is 121 Å². The minimum Gasteiger partial charge on any atom is -0.390 e. The molecule has 0 radical (unpaired) electrons. The summed E-state index contributed by atoms with van der Waals surface area (Å²) in [6.45, 7) is 2.11. The van der Waals surface area contributed by atoms with Crippen molar-refractivity contribution in [1.29, 1.82) is 0 Å². The van der Waals surface area contributed by atoms with E-state index >= 15 is 0 Å². The van der Waals surface area contributed by atoms with Gasteiger partial charge in [0.25, 0.3) is 0 Å². The molecule has 0 aliphatic carbocycles. The number of benzene rings is 4. The van der Waals surface area contributed by atoms with Crippen molar-refractivity contribution in [2.75, 3.05) is 13.1 Å². The Kier molecular flexibility index (Phi) is 9.66. The van der Waals surface area contributed by atoms with Crippen molar-refractivity contribution in [3.63, 3.8) is 0 Å². The van der Waals surface area contributed by atoms with Crippen LogP contribution in [0.25, 0.3) is 0 Å². The zero-order valence-corrected chi connectivity index (χ0v) is 20.3. The summed E-state index contributed by atoms with van der Waals surface area (Å²) in [7, 11) is 0. The molecule has 4 aromatic carbocycles. The molecule has 3 heteroatoms. The van der Waals surface area contributed by atoms with E-state index in [1.165, 1.54) is 22.3 Å². The van der Waals surface area contributed by atoms with Gasteiger partial charge in [-0.15, -0.1) is 0 Å². The Labute approximate surface area is 209 Å². The van der Waals surface area contributed by atoms with E-state index < -0.39 is 6.10 Å². The third kappa shape index (κ3) is 7.90. The van der Waals surface area contributed by atoms with Gasteiger partial charge in [0.15, 0.2) is 0 Å². The molecule has 35 heavy (non-hydrogen) atoms. The van der Waals surface area contributed by atoms with E-state index in [1.54, 1.807) is 0 Å². The summed E-state index contributed by atoms with van der Waals surface area (Å²) in [4.78, 5) is 0. The van der Waals surface area contributed by atoms with Gasteiger partial charge in [0.2, 0.25) is 0 Å².